The molecular weight excluding hydrogens is 798 g/mol. The smallest absolute Gasteiger partial charge is 0 e. The van der Waals surface area contributed by atoms with Gasteiger partial charge in [0.1, 0.15) is 0 Å². The molecule has 7 heteroatoms. The molecule has 0 amide bonds. The van der Waals surface area contributed by atoms with Crippen LogP contribution in [0.4, 0.5) is 4.39 Å². The van der Waals surface area contributed by atoms with E-state index in [-0.39, 0.29) is 25.5 Å². The predicted octanol–water partition coefficient (Wildman–Crippen LogP) is 9.79. The van der Waals surface area contributed by atoms with Crippen LogP contribution in [0.2, 0.25) is 17.3 Å². The Bertz CT molecular complexity index is 1960. The van der Waals surface area contributed by atoms with Crippen molar-refractivity contribution in [2.75, 3.05) is 0 Å². The summed E-state index contributed by atoms with van der Waals surface area (Å²) in [7, 11) is 0. The molecule has 0 atom stereocenters. The van der Waals surface area contributed by atoms with Crippen LogP contribution in [0.1, 0.15) is 53.0 Å². The van der Waals surface area contributed by atoms with Gasteiger partial charge in [-0.15, -0.1) is 18.2 Å². The van der Waals surface area contributed by atoms with Gasteiger partial charge in [-0.2, -0.15) is 9.37 Å². The van der Waals surface area contributed by atoms with Gasteiger partial charge in [0.2, 0.25) is 11.7 Å². The molecule has 45 heavy (non-hydrogen) atoms. The molecule has 235 valence electrons. The molecule has 0 aliphatic carbocycles. The van der Waals surface area contributed by atoms with Crippen LogP contribution in [-0.2, 0) is 26.5 Å². The zero-order chi connectivity index (χ0) is 32.6. The number of rotatable bonds is 5. The molecule has 0 bridgehead atoms. The third-order valence-corrected chi connectivity index (χ3v) is 11.5. The second-order valence-electron chi connectivity index (χ2n) is 13.6. The van der Waals surface area contributed by atoms with Gasteiger partial charge < -0.3 is 9.40 Å². The minimum absolute atomic E-state index is 0. The van der Waals surface area contributed by atoms with Crippen LogP contribution in [0.25, 0.3) is 44.6 Å². The van der Waals surface area contributed by atoms with Gasteiger partial charge in [0.15, 0.2) is 0 Å². The van der Waals surface area contributed by atoms with Crippen molar-refractivity contribution in [1.29, 1.82) is 0 Å². The van der Waals surface area contributed by atoms with Gasteiger partial charge in [-0.3, -0.25) is 0 Å². The van der Waals surface area contributed by atoms with E-state index in [9.17, 15) is 4.39 Å². The number of pyridine rings is 3. The topological polar surface area (TPSA) is 51.8 Å². The Balaban J connectivity index is 0.000000210. The third-order valence-electron chi connectivity index (χ3n) is 7.32. The van der Waals surface area contributed by atoms with Crippen LogP contribution in [-0.4, -0.2) is 28.2 Å². The quantitative estimate of drug-likeness (QED) is 0.0987. The molecule has 0 fully saturated rings. The molecule has 6 rings (SSSR count). The molecule has 4 nitrogen and oxygen atoms in total. The normalized spacial score (nSPS) is 12.3. The first-order valence-corrected chi connectivity index (χ1v) is 22.3. The summed E-state index contributed by atoms with van der Waals surface area (Å²) >= 11 is -2.03. The SMILES string of the molecule is CC(C)(C)Cc1ccnc(-c2[c-]ccc3c2oc2nc(F)ccc23)c1.[2H]C(C)(C)c1cc(-c2[c-]cccc2)nc[c]1[Ge]([CH3])([CH3])[CH3].[Ir]. The summed E-state index contributed by atoms with van der Waals surface area (Å²) in [5, 5.41) is 1.68. The molecule has 0 unspecified atom stereocenters. The monoisotopic (exact) mass is 841 g/mol. The minimum atomic E-state index is -2.03. The number of halogens is 1. The zero-order valence-electron chi connectivity index (χ0n) is 28.2. The van der Waals surface area contributed by atoms with Gasteiger partial charge >= 0.3 is 120 Å². The minimum Gasteiger partial charge on any atom is 0 e. The Kier molecular flexibility index (Phi) is 10.4. The van der Waals surface area contributed by atoms with E-state index in [2.05, 4.69) is 77.3 Å². The first kappa shape index (κ1) is 33.2. The first-order valence-electron chi connectivity index (χ1n) is 15.4. The molecule has 0 spiro atoms. The standard InChI is InChI=1S/C21H18FN2O.C17H22GeN.Ir/c1-21(2,3)12-13-9-10-23-17(11-13)16-6-4-5-14-15-7-8-18(22)24-20(15)25-19(14)16;1-13(2)15-11-17(14-9-7-6-8-10-14)19-12-16(15)18(3,4)5;/h4-5,7-11H,12H2,1-3H3;6-9,11-13H,1-5H3;/q2*-1;/i;13D;. The van der Waals surface area contributed by atoms with Crippen molar-refractivity contribution in [3.63, 3.8) is 0 Å². The van der Waals surface area contributed by atoms with Crippen molar-refractivity contribution in [3.05, 3.63) is 108 Å². The summed E-state index contributed by atoms with van der Waals surface area (Å²) in [6.45, 7) is 10.5. The second kappa shape index (κ2) is 14.1. The van der Waals surface area contributed by atoms with Gasteiger partial charge in [-0.25, -0.2) is 0 Å². The molecule has 4 heterocycles. The van der Waals surface area contributed by atoms with Gasteiger partial charge in [-0.05, 0) is 35.7 Å². The second-order valence-corrected chi connectivity index (χ2v) is 24.2. The van der Waals surface area contributed by atoms with E-state index in [0.717, 1.165) is 45.3 Å². The van der Waals surface area contributed by atoms with E-state index >= 15 is 0 Å². The average molecular weight is 840 g/mol. The predicted molar refractivity (Wildman–Crippen MR) is 182 cm³/mol. The van der Waals surface area contributed by atoms with Gasteiger partial charge in [0.05, 0.1) is 5.58 Å². The number of fused-ring (bicyclic) bond motifs is 3. The van der Waals surface area contributed by atoms with Crippen LogP contribution in [0.15, 0.2) is 83.5 Å². The molecule has 0 aliphatic rings. The maximum atomic E-state index is 13.4. The van der Waals surface area contributed by atoms with Crippen molar-refractivity contribution >= 4 is 39.7 Å². The third kappa shape index (κ3) is 8.35. The fourth-order valence-electron chi connectivity index (χ4n) is 5.29. The fourth-order valence-corrected chi connectivity index (χ4v) is 8.61. The number of aromatic nitrogens is 3. The molecule has 2 aromatic carbocycles. The fraction of sp³-hybridized carbons (Fsp3) is 0.289. The Morgan fingerprint density at radius 3 is 2.38 bits per heavy atom. The molecule has 4 aromatic heterocycles. The van der Waals surface area contributed by atoms with Gasteiger partial charge in [0.25, 0.3) is 0 Å². The van der Waals surface area contributed by atoms with Crippen molar-refractivity contribution < 1.29 is 30.3 Å². The molecule has 1 radical (unpaired) electrons. The number of hydrogen-bond acceptors (Lipinski definition) is 4. The van der Waals surface area contributed by atoms with Crippen LogP contribution < -0.4 is 4.40 Å². The van der Waals surface area contributed by atoms with Crippen LogP contribution in [0, 0.1) is 23.5 Å². The maximum absolute atomic E-state index is 13.4. The van der Waals surface area contributed by atoms with E-state index in [1.165, 1.54) is 16.0 Å². The van der Waals surface area contributed by atoms with Crippen molar-refractivity contribution in [2.24, 2.45) is 5.41 Å². The van der Waals surface area contributed by atoms with Crippen molar-refractivity contribution in [2.45, 2.75) is 64.2 Å². The first-order chi connectivity index (χ1) is 21.1. The van der Waals surface area contributed by atoms with E-state index < -0.39 is 25.1 Å². The van der Waals surface area contributed by atoms with E-state index in [1.54, 1.807) is 6.07 Å². The molecular formula is C38H40FGeIrN3O-2. The summed E-state index contributed by atoms with van der Waals surface area (Å²) in [5.41, 5.74) is 6.92. The largest absolute Gasteiger partial charge is 0 e. The molecule has 0 N–H and O–H groups in total. The Labute approximate surface area is 284 Å². The summed E-state index contributed by atoms with van der Waals surface area (Å²) in [6.07, 6.45) is 4.76. The summed E-state index contributed by atoms with van der Waals surface area (Å²) in [4.78, 5) is 13.0. The Morgan fingerprint density at radius 2 is 1.71 bits per heavy atom. The molecule has 0 saturated heterocycles. The van der Waals surface area contributed by atoms with Crippen molar-refractivity contribution in [3.8, 4) is 22.5 Å². The summed E-state index contributed by atoms with van der Waals surface area (Å²) in [6, 6.07) is 27.3. The van der Waals surface area contributed by atoms with Crippen LogP contribution in [0.5, 0.6) is 0 Å². The van der Waals surface area contributed by atoms with E-state index in [0.29, 0.717) is 11.3 Å². The van der Waals surface area contributed by atoms with E-state index in [1.807, 2.05) is 68.7 Å². The Morgan fingerprint density at radius 1 is 0.933 bits per heavy atom. The summed E-state index contributed by atoms with van der Waals surface area (Å²) in [5.74, 6) is 5.89. The Hall–Kier alpha value is -3.19. The molecule has 0 aliphatic heterocycles. The molecule has 6 aromatic rings. The molecule has 0 saturated carbocycles. The number of hydrogen-bond donors (Lipinski definition) is 0. The van der Waals surface area contributed by atoms with E-state index in [4.69, 9.17) is 5.79 Å². The maximum Gasteiger partial charge on any atom is 0 e. The van der Waals surface area contributed by atoms with Gasteiger partial charge in [-0.1, -0.05) is 43.4 Å². The number of nitrogens with zero attached hydrogens (tertiary/aromatic N) is 3. The van der Waals surface area contributed by atoms with Crippen LogP contribution in [0.3, 0.4) is 0 Å². The number of furan rings is 1. The average Bonchev–Trinajstić information content (AvgIpc) is 3.34. The van der Waals surface area contributed by atoms with Crippen LogP contribution >= 0.6 is 0 Å². The van der Waals surface area contributed by atoms with Gasteiger partial charge in [0, 0.05) is 31.7 Å². The zero-order valence-corrected chi connectivity index (χ0v) is 31.7. The number of benzene rings is 2. The summed E-state index contributed by atoms with van der Waals surface area (Å²) < 4.78 is 29.0. The van der Waals surface area contributed by atoms with Crippen molar-refractivity contribution in [1.82, 2.24) is 15.0 Å².